The number of thioether (sulfide) groups is 2. The Morgan fingerprint density at radius 2 is 2.25 bits per heavy atom. The van der Waals surface area contributed by atoms with Gasteiger partial charge in [0.15, 0.2) is 0 Å². The number of halogens is 2. The first-order valence-electron chi connectivity index (χ1n) is 5.96. The van der Waals surface area contributed by atoms with E-state index in [1.165, 1.54) is 0 Å². The number of carbonyl (C=O) groups is 1. The van der Waals surface area contributed by atoms with Gasteiger partial charge in [-0.05, 0) is 6.07 Å². The molecule has 1 aliphatic heterocycles. The van der Waals surface area contributed by atoms with E-state index in [0.29, 0.717) is 15.6 Å². The molecule has 0 unspecified atom stereocenters. The average Bonchev–Trinajstić information content (AvgIpc) is 2.48. The molecule has 0 bridgehead atoms. The van der Waals surface area contributed by atoms with E-state index in [1.54, 1.807) is 41.7 Å². The summed E-state index contributed by atoms with van der Waals surface area (Å²) in [7, 11) is 0. The first kappa shape index (κ1) is 15.8. The molecular weight excluding hydrogens is 335 g/mol. The second-order valence-corrected chi connectivity index (χ2v) is 7.39. The SMILES string of the molecule is N#C[C@@H](NC(=O)[C@@H]1CSCCS1)c1cccc(Cl)c1Cl. The van der Waals surface area contributed by atoms with Crippen molar-refractivity contribution in [3.63, 3.8) is 0 Å². The minimum Gasteiger partial charge on any atom is -0.336 e. The van der Waals surface area contributed by atoms with Crippen molar-refractivity contribution in [1.29, 1.82) is 5.26 Å². The molecule has 1 amide bonds. The fraction of sp³-hybridized carbons (Fsp3) is 0.385. The molecule has 1 heterocycles. The van der Waals surface area contributed by atoms with Gasteiger partial charge in [-0.1, -0.05) is 35.3 Å². The molecule has 1 saturated heterocycles. The highest BCUT2D eigenvalue weighted by Crippen LogP contribution is 2.30. The summed E-state index contributed by atoms with van der Waals surface area (Å²) in [6.07, 6.45) is 0. The highest BCUT2D eigenvalue weighted by Gasteiger charge is 2.26. The van der Waals surface area contributed by atoms with Crippen LogP contribution in [0.15, 0.2) is 18.2 Å². The Hall–Kier alpha value is -0.540. The lowest BCUT2D eigenvalue weighted by molar-refractivity contribution is -0.120. The van der Waals surface area contributed by atoms with Gasteiger partial charge in [-0.15, -0.1) is 11.8 Å². The third-order valence-corrected chi connectivity index (χ3v) is 6.40. The van der Waals surface area contributed by atoms with E-state index in [-0.39, 0.29) is 11.2 Å². The second-order valence-electron chi connectivity index (χ2n) is 4.15. The molecule has 0 spiro atoms. The fourth-order valence-corrected chi connectivity index (χ4v) is 4.78. The van der Waals surface area contributed by atoms with Crippen molar-refractivity contribution < 1.29 is 4.79 Å². The highest BCUT2D eigenvalue weighted by atomic mass is 35.5. The maximum Gasteiger partial charge on any atom is 0.235 e. The molecule has 20 heavy (non-hydrogen) atoms. The van der Waals surface area contributed by atoms with E-state index < -0.39 is 6.04 Å². The van der Waals surface area contributed by atoms with Crippen LogP contribution in [0.4, 0.5) is 0 Å². The van der Waals surface area contributed by atoms with Gasteiger partial charge in [0.25, 0.3) is 0 Å². The Labute approximate surface area is 136 Å². The predicted molar refractivity (Wildman–Crippen MR) is 86.5 cm³/mol. The summed E-state index contributed by atoms with van der Waals surface area (Å²) in [4.78, 5) is 12.2. The van der Waals surface area contributed by atoms with Crippen LogP contribution in [0.1, 0.15) is 11.6 Å². The zero-order valence-corrected chi connectivity index (χ0v) is 13.6. The van der Waals surface area contributed by atoms with E-state index in [2.05, 4.69) is 11.4 Å². The lowest BCUT2D eigenvalue weighted by Crippen LogP contribution is -2.38. The zero-order chi connectivity index (χ0) is 14.5. The molecule has 3 nitrogen and oxygen atoms in total. The molecule has 1 aliphatic rings. The Bertz CT molecular complexity index is 542. The van der Waals surface area contributed by atoms with Gasteiger partial charge in [0.2, 0.25) is 5.91 Å². The summed E-state index contributed by atoms with van der Waals surface area (Å²) in [5.74, 6) is 2.68. The first-order valence-corrected chi connectivity index (χ1v) is 8.92. The van der Waals surface area contributed by atoms with E-state index in [0.717, 1.165) is 17.3 Å². The number of benzene rings is 1. The molecule has 0 radical (unpaired) electrons. The van der Waals surface area contributed by atoms with Crippen LogP contribution >= 0.6 is 46.7 Å². The van der Waals surface area contributed by atoms with Crippen LogP contribution in [0.3, 0.4) is 0 Å². The molecule has 0 saturated carbocycles. The molecule has 1 aromatic carbocycles. The summed E-state index contributed by atoms with van der Waals surface area (Å²) in [5.41, 5.74) is 0.531. The van der Waals surface area contributed by atoms with E-state index >= 15 is 0 Å². The number of nitrogens with one attached hydrogen (secondary N) is 1. The van der Waals surface area contributed by atoms with Gasteiger partial charge in [-0.25, -0.2) is 0 Å². The monoisotopic (exact) mass is 346 g/mol. The van der Waals surface area contributed by atoms with Crippen molar-refractivity contribution in [3.8, 4) is 6.07 Å². The quantitative estimate of drug-likeness (QED) is 0.909. The van der Waals surface area contributed by atoms with Crippen LogP contribution in [-0.2, 0) is 4.79 Å². The number of nitrogens with zero attached hydrogens (tertiary/aromatic N) is 1. The third-order valence-electron chi connectivity index (χ3n) is 2.82. The summed E-state index contributed by atoms with van der Waals surface area (Å²) < 4.78 is 0. The van der Waals surface area contributed by atoms with Crippen LogP contribution < -0.4 is 5.32 Å². The number of carbonyl (C=O) groups excluding carboxylic acids is 1. The summed E-state index contributed by atoms with van der Waals surface area (Å²) >= 11 is 15.4. The van der Waals surface area contributed by atoms with Crippen LogP contribution in [0.25, 0.3) is 0 Å². The number of amides is 1. The molecule has 106 valence electrons. The van der Waals surface area contributed by atoms with Gasteiger partial charge in [-0.2, -0.15) is 17.0 Å². The van der Waals surface area contributed by atoms with Gasteiger partial charge in [0.1, 0.15) is 6.04 Å². The lowest BCUT2D eigenvalue weighted by atomic mass is 10.1. The average molecular weight is 347 g/mol. The Balaban J connectivity index is 2.11. The maximum atomic E-state index is 12.2. The smallest absolute Gasteiger partial charge is 0.235 e. The standard InChI is InChI=1S/C13H12Cl2N2OS2/c14-9-3-1-2-8(12(9)15)10(6-16)17-13(18)11-7-19-4-5-20-11/h1-3,10-11H,4-5,7H2,(H,17,18)/t10-,11+/m1/s1. The van der Waals surface area contributed by atoms with Crippen LogP contribution in [0, 0.1) is 11.3 Å². The molecule has 7 heteroatoms. The highest BCUT2D eigenvalue weighted by molar-refractivity contribution is 8.07. The predicted octanol–water partition coefficient (Wildman–Crippen LogP) is 3.52. The Kier molecular flexibility index (Phi) is 5.91. The molecule has 2 rings (SSSR count). The van der Waals surface area contributed by atoms with Crippen molar-refractivity contribution in [2.45, 2.75) is 11.3 Å². The van der Waals surface area contributed by atoms with E-state index in [1.807, 2.05) is 0 Å². The second kappa shape index (κ2) is 7.46. The van der Waals surface area contributed by atoms with Crippen LogP contribution in [0.2, 0.25) is 10.0 Å². The summed E-state index contributed by atoms with van der Waals surface area (Å²) in [6, 6.07) is 6.35. The largest absolute Gasteiger partial charge is 0.336 e. The molecule has 2 atom stereocenters. The van der Waals surface area contributed by atoms with Crippen molar-refractivity contribution in [3.05, 3.63) is 33.8 Å². The van der Waals surface area contributed by atoms with Crippen molar-refractivity contribution >= 4 is 52.6 Å². The van der Waals surface area contributed by atoms with Gasteiger partial charge in [0.05, 0.1) is 21.4 Å². The minimum atomic E-state index is -0.777. The van der Waals surface area contributed by atoms with Gasteiger partial charge >= 0.3 is 0 Å². The normalized spacial score (nSPS) is 19.9. The molecule has 1 fully saturated rings. The van der Waals surface area contributed by atoms with Crippen molar-refractivity contribution in [2.24, 2.45) is 0 Å². The van der Waals surface area contributed by atoms with Gasteiger partial charge < -0.3 is 5.32 Å². The molecule has 1 aromatic rings. The van der Waals surface area contributed by atoms with Crippen molar-refractivity contribution in [2.75, 3.05) is 17.3 Å². The van der Waals surface area contributed by atoms with Crippen LogP contribution in [0.5, 0.6) is 0 Å². The zero-order valence-electron chi connectivity index (χ0n) is 10.4. The number of hydrogen-bond acceptors (Lipinski definition) is 4. The maximum absolute atomic E-state index is 12.2. The van der Waals surface area contributed by atoms with Gasteiger partial charge in [-0.3, -0.25) is 4.79 Å². The van der Waals surface area contributed by atoms with Crippen molar-refractivity contribution in [1.82, 2.24) is 5.32 Å². The number of nitriles is 1. The molecule has 0 aromatic heterocycles. The van der Waals surface area contributed by atoms with Gasteiger partial charge in [0, 0.05) is 22.8 Å². The lowest BCUT2D eigenvalue weighted by Gasteiger charge is -2.22. The molecule has 0 aliphatic carbocycles. The first-order chi connectivity index (χ1) is 9.63. The van der Waals surface area contributed by atoms with Crippen LogP contribution in [-0.4, -0.2) is 28.4 Å². The topological polar surface area (TPSA) is 52.9 Å². The fourth-order valence-electron chi connectivity index (χ4n) is 1.80. The molecule has 1 N–H and O–H groups in total. The number of rotatable bonds is 3. The Morgan fingerprint density at radius 3 is 2.90 bits per heavy atom. The minimum absolute atomic E-state index is 0.109. The third kappa shape index (κ3) is 3.76. The summed E-state index contributed by atoms with van der Waals surface area (Å²) in [6.45, 7) is 0. The molecular formula is C13H12Cl2N2OS2. The van der Waals surface area contributed by atoms with E-state index in [9.17, 15) is 10.1 Å². The number of hydrogen-bond donors (Lipinski definition) is 1. The summed E-state index contributed by atoms with van der Waals surface area (Å²) in [5, 5.41) is 12.6. The Morgan fingerprint density at radius 1 is 1.45 bits per heavy atom. The van der Waals surface area contributed by atoms with E-state index in [4.69, 9.17) is 23.2 Å².